The predicted octanol–water partition coefficient (Wildman–Crippen LogP) is 3.84. The van der Waals surface area contributed by atoms with E-state index in [2.05, 4.69) is 31.1 Å². The first-order valence-electron chi connectivity index (χ1n) is 5.55. The first-order chi connectivity index (χ1) is 9.63. The van der Waals surface area contributed by atoms with Crippen LogP contribution in [0.4, 0.5) is 8.78 Å². The second kappa shape index (κ2) is 5.09. The first-order valence-corrected chi connectivity index (χ1v) is 6.35. The van der Waals surface area contributed by atoms with E-state index in [1.165, 1.54) is 30.3 Å². The van der Waals surface area contributed by atoms with E-state index in [1.54, 1.807) is 6.07 Å². The normalized spacial score (nSPS) is 10.8. The van der Waals surface area contributed by atoms with Gasteiger partial charge >= 0.3 is 0 Å². The Bertz CT molecular complexity index is 776. The van der Waals surface area contributed by atoms with Gasteiger partial charge in [0, 0.05) is 4.47 Å². The highest BCUT2D eigenvalue weighted by Crippen LogP contribution is 2.25. The number of benzene rings is 1. The van der Waals surface area contributed by atoms with Crippen molar-refractivity contribution in [3.63, 3.8) is 0 Å². The minimum absolute atomic E-state index is 0.0102. The van der Waals surface area contributed by atoms with E-state index in [9.17, 15) is 8.78 Å². The summed E-state index contributed by atoms with van der Waals surface area (Å²) < 4.78 is 32.4. The van der Waals surface area contributed by atoms with Crippen molar-refractivity contribution in [3.05, 3.63) is 52.6 Å². The van der Waals surface area contributed by atoms with Crippen molar-refractivity contribution in [1.29, 1.82) is 0 Å². The molecule has 0 unspecified atom stereocenters. The van der Waals surface area contributed by atoms with Crippen LogP contribution in [-0.2, 0) is 0 Å². The van der Waals surface area contributed by atoms with Crippen molar-refractivity contribution in [2.45, 2.75) is 0 Å². The molecule has 0 bridgehead atoms. The lowest BCUT2D eigenvalue weighted by Crippen LogP contribution is -1.89. The van der Waals surface area contributed by atoms with Crippen LogP contribution in [0.5, 0.6) is 0 Å². The van der Waals surface area contributed by atoms with Crippen LogP contribution in [0.1, 0.15) is 0 Å². The van der Waals surface area contributed by atoms with E-state index in [0.29, 0.717) is 4.47 Å². The van der Waals surface area contributed by atoms with Crippen molar-refractivity contribution in [3.8, 4) is 23.0 Å². The molecule has 4 nitrogen and oxygen atoms in total. The van der Waals surface area contributed by atoms with Gasteiger partial charge in [-0.25, -0.2) is 9.37 Å². The standard InChI is InChI=1S/C13H6BrF2N3O/c14-7-4-5-8(9(15)6-7)13-18-12(19-20-13)10-2-1-3-11(16)17-10/h1-6H. The van der Waals surface area contributed by atoms with E-state index < -0.39 is 11.8 Å². The van der Waals surface area contributed by atoms with Gasteiger partial charge in [-0.1, -0.05) is 27.2 Å². The Hall–Kier alpha value is -2.15. The molecule has 0 aliphatic carbocycles. The maximum atomic E-state index is 13.8. The molecule has 0 saturated carbocycles. The van der Waals surface area contributed by atoms with Crippen LogP contribution < -0.4 is 0 Å². The average molecular weight is 338 g/mol. The lowest BCUT2D eigenvalue weighted by molar-refractivity contribution is 0.429. The third kappa shape index (κ3) is 2.44. The molecule has 0 aliphatic rings. The third-order valence-corrected chi connectivity index (χ3v) is 3.03. The summed E-state index contributed by atoms with van der Waals surface area (Å²) in [6.45, 7) is 0. The molecule has 0 radical (unpaired) electrons. The maximum absolute atomic E-state index is 13.8. The Balaban J connectivity index is 2.02. The Morgan fingerprint density at radius 2 is 1.90 bits per heavy atom. The van der Waals surface area contributed by atoms with Gasteiger partial charge in [-0.3, -0.25) is 0 Å². The fourth-order valence-corrected chi connectivity index (χ4v) is 1.97. The lowest BCUT2D eigenvalue weighted by atomic mass is 10.2. The van der Waals surface area contributed by atoms with Crippen molar-refractivity contribution >= 4 is 15.9 Å². The number of aromatic nitrogens is 3. The number of pyridine rings is 1. The zero-order valence-corrected chi connectivity index (χ0v) is 11.4. The maximum Gasteiger partial charge on any atom is 0.261 e. The molecule has 0 amide bonds. The molecular weight excluding hydrogens is 332 g/mol. The Labute approximate surface area is 120 Å². The second-order valence-corrected chi connectivity index (χ2v) is 4.81. The summed E-state index contributed by atoms with van der Waals surface area (Å²) in [4.78, 5) is 7.65. The fraction of sp³-hybridized carbons (Fsp3) is 0. The number of halogens is 3. The summed E-state index contributed by atoms with van der Waals surface area (Å²) in [5.41, 5.74) is 0.390. The molecule has 3 aromatic rings. The fourth-order valence-electron chi connectivity index (χ4n) is 1.63. The highest BCUT2D eigenvalue weighted by molar-refractivity contribution is 9.10. The van der Waals surface area contributed by atoms with Gasteiger partial charge in [0.05, 0.1) is 5.56 Å². The minimum atomic E-state index is -0.649. The summed E-state index contributed by atoms with van der Waals surface area (Å²) >= 11 is 3.16. The highest BCUT2D eigenvalue weighted by atomic mass is 79.9. The van der Waals surface area contributed by atoms with Gasteiger partial charge in [-0.2, -0.15) is 9.37 Å². The third-order valence-electron chi connectivity index (χ3n) is 2.53. The van der Waals surface area contributed by atoms with Gasteiger partial charge in [0.25, 0.3) is 5.89 Å². The Morgan fingerprint density at radius 1 is 1.05 bits per heavy atom. The molecule has 2 aromatic heterocycles. The molecule has 20 heavy (non-hydrogen) atoms. The van der Waals surface area contributed by atoms with Crippen molar-refractivity contribution in [1.82, 2.24) is 15.1 Å². The molecule has 0 atom stereocenters. The van der Waals surface area contributed by atoms with Crippen LogP contribution in [0.25, 0.3) is 23.0 Å². The first kappa shape index (κ1) is 12.9. The van der Waals surface area contributed by atoms with Crippen LogP contribution in [-0.4, -0.2) is 15.1 Å². The number of hydrogen-bond acceptors (Lipinski definition) is 4. The number of hydrogen-bond donors (Lipinski definition) is 0. The zero-order chi connectivity index (χ0) is 14.1. The number of rotatable bonds is 2. The quantitative estimate of drug-likeness (QED) is 0.666. The SMILES string of the molecule is Fc1cccc(-c2noc(-c3ccc(Br)cc3F)n2)n1. The molecule has 2 heterocycles. The van der Waals surface area contributed by atoms with Crippen molar-refractivity contribution in [2.24, 2.45) is 0 Å². The molecule has 0 aliphatic heterocycles. The largest absolute Gasteiger partial charge is 0.333 e. The molecule has 3 rings (SSSR count). The lowest BCUT2D eigenvalue weighted by Gasteiger charge is -1.97. The molecule has 0 N–H and O–H groups in total. The summed E-state index contributed by atoms with van der Waals surface area (Å²) in [6.07, 6.45) is 0. The summed E-state index contributed by atoms with van der Waals surface area (Å²) in [5, 5.41) is 3.67. The molecule has 0 saturated heterocycles. The molecule has 0 fully saturated rings. The molecule has 0 spiro atoms. The summed E-state index contributed by atoms with van der Waals surface area (Å²) in [6, 6.07) is 8.68. The van der Waals surface area contributed by atoms with Crippen molar-refractivity contribution < 1.29 is 13.3 Å². The van der Waals surface area contributed by atoms with Gasteiger partial charge in [0.2, 0.25) is 11.8 Å². The zero-order valence-electron chi connectivity index (χ0n) is 9.85. The van der Waals surface area contributed by atoms with E-state index >= 15 is 0 Å². The molecule has 7 heteroatoms. The molecular formula is C13H6BrF2N3O. The monoisotopic (exact) mass is 337 g/mol. The Morgan fingerprint density at radius 3 is 2.65 bits per heavy atom. The summed E-state index contributed by atoms with van der Waals surface area (Å²) in [5.74, 6) is -1.04. The number of nitrogens with zero attached hydrogens (tertiary/aromatic N) is 3. The molecule has 1 aromatic carbocycles. The van der Waals surface area contributed by atoms with Crippen LogP contribution >= 0.6 is 15.9 Å². The Kier molecular flexibility index (Phi) is 3.27. The second-order valence-electron chi connectivity index (χ2n) is 3.89. The van der Waals surface area contributed by atoms with Crippen LogP contribution in [0, 0.1) is 11.8 Å². The van der Waals surface area contributed by atoms with Gasteiger partial charge in [-0.15, -0.1) is 0 Å². The minimum Gasteiger partial charge on any atom is -0.333 e. The van der Waals surface area contributed by atoms with Crippen LogP contribution in [0.2, 0.25) is 0 Å². The van der Waals surface area contributed by atoms with Crippen LogP contribution in [0.3, 0.4) is 0 Å². The van der Waals surface area contributed by atoms with Gasteiger partial charge in [-0.05, 0) is 30.3 Å². The smallest absolute Gasteiger partial charge is 0.261 e. The molecule has 100 valence electrons. The van der Waals surface area contributed by atoms with Crippen LogP contribution in [0.15, 0.2) is 45.4 Å². The van der Waals surface area contributed by atoms with Gasteiger partial charge in [0.1, 0.15) is 11.5 Å². The van der Waals surface area contributed by atoms with E-state index in [1.807, 2.05) is 0 Å². The van der Waals surface area contributed by atoms with Crippen molar-refractivity contribution in [2.75, 3.05) is 0 Å². The van der Waals surface area contributed by atoms with E-state index in [-0.39, 0.29) is 23.0 Å². The highest BCUT2D eigenvalue weighted by Gasteiger charge is 2.15. The van der Waals surface area contributed by atoms with Gasteiger partial charge in [0.15, 0.2) is 0 Å². The van der Waals surface area contributed by atoms with E-state index in [0.717, 1.165) is 0 Å². The topological polar surface area (TPSA) is 51.8 Å². The predicted molar refractivity (Wildman–Crippen MR) is 70.6 cm³/mol. The van der Waals surface area contributed by atoms with Gasteiger partial charge < -0.3 is 4.52 Å². The van der Waals surface area contributed by atoms with E-state index in [4.69, 9.17) is 4.52 Å². The summed E-state index contributed by atoms with van der Waals surface area (Å²) in [7, 11) is 0. The average Bonchev–Trinajstić information content (AvgIpc) is 2.88.